The minimum Gasteiger partial charge on any atom is -0.480 e. The average Bonchev–Trinajstić information content (AvgIpc) is 2.09. The number of methoxy groups -OCH3 is 1. The van der Waals surface area contributed by atoms with Crippen molar-refractivity contribution in [2.75, 3.05) is 12.8 Å². The smallest absolute Gasteiger partial charge is 0.230 e. The van der Waals surface area contributed by atoms with Crippen molar-refractivity contribution >= 4 is 21.6 Å². The third kappa shape index (κ3) is 2.12. The summed E-state index contributed by atoms with van der Waals surface area (Å²) in [6.45, 7) is 4.13. The lowest BCUT2D eigenvalue weighted by Gasteiger charge is -2.10. The summed E-state index contributed by atoms with van der Waals surface area (Å²) in [6, 6.07) is 1.86. The first kappa shape index (κ1) is 10.3. The van der Waals surface area contributed by atoms with E-state index < -0.39 is 0 Å². The minimum atomic E-state index is 0.351. The Bertz CT molecular complexity index is 313. The fourth-order valence-electron chi connectivity index (χ4n) is 0.976. The molecule has 0 bridgehead atoms. The Morgan fingerprint density at radius 1 is 1.54 bits per heavy atom. The topological polar surface area (TPSA) is 48.1 Å². The van der Waals surface area contributed by atoms with Crippen molar-refractivity contribution in [1.82, 2.24) is 4.98 Å². The Labute approximate surface area is 86.4 Å². The Balaban J connectivity index is 3.22. The van der Waals surface area contributed by atoms with E-state index in [-0.39, 0.29) is 0 Å². The van der Waals surface area contributed by atoms with Crippen LogP contribution in [-0.2, 0) is 0 Å². The SMILES string of the molecule is COc1nc(C(C)C)cc(N)c1Br. The molecule has 13 heavy (non-hydrogen) atoms. The minimum absolute atomic E-state index is 0.351. The van der Waals surface area contributed by atoms with Crippen LogP contribution < -0.4 is 10.5 Å². The molecule has 0 saturated carbocycles. The van der Waals surface area contributed by atoms with Gasteiger partial charge in [0.2, 0.25) is 5.88 Å². The fourth-order valence-corrected chi connectivity index (χ4v) is 1.34. The molecule has 0 amide bonds. The molecule has 0 saturated heterocycles. The summed E-state index contributed by atoms with van der Waals surface area (Å²) in [7, 11) is 1.58. The predicted octanol–water partition coefficient (Wildman–Crippen LogP) is 2.56. The first-order chi connectivity index (χ1) is 6.06. The number of halogens is 1. The van der Waals surface area contributed by atoms with Crippen LogP contribution in [0, 0.1) is 0 Å². The van der Waals surface area contributed by atoms with Crippen molar-refractivity contribution in [1.29, 1.82) is 0 Å². The first-order valence-corrected chi connectivity index (χ1v) is 4.85. The lowest BCUT2D eigenvalue weighted by molar-refractivity contribution is 0.393. The summed E-state index contributed by atoms with van der Waals surface area (Å²) in [5.41, 5.74) is 7.37. The number of hydrogen-bond acceptors (Lipinski definition) is 3. The summed E-state index contributed by atoms with van der Waals surface area (Å²) in [5, 5.41) is 0. The van der Waals surface area contributed by atoms with Gasteiger partial charge in [0.05, 0.1) is 12.8 Å². The van der Waals surface area contributed by atoms with Crippen LogP contribution >= 0.6 is 15.9 Å². The predicted molar refractivity (Wildman–Crippen MR) is 57.0 cm³/mol. The summed E-state index contributed by atoms with van der Waals surface area (Å²) < 4.78 is 5.80. The van der Waals surface area contributed by atoms with E-state index in [1.165, 1.54) is 0 Å². The highest BCUT2D eigenvalue weighted by Gasteiger charge is 2.10. The molecule has 2 N–H and O–H groups in total. The van der Waals surface area contributed by atoms with Gasteiger partial charge in [0.25, 0.3) is 0 Å². The van der Waals surface area contributed by atoms with Gasteiger partial charge in [-0.1, -0.05) is 13.8 Å². The van der Waals surface area contributed by atoms with Crippen LogP contribution in [-0.4, -0.2) is 12.1 Å². The zero-order chi connectivity index (χ0) is 10.0. The number of nitrogen functional groups attached to an aromatic ring is 1. The van der Waals surface area contributed by atoms with E-state index in [1.807, 2.05) is 6.07 Å². The van der Waals surface area contributed by atoms with Crippen LogP contribution in [0.5, 0.6) is 5.88 Å². The van der Waals surface area contributed by atoms with Gasteiger partial charge in [0.15, 0.2) is 0 Å². The molecule has 0 aliphatic rings. The second-order valence-corrected chi connectivity index (χ2v) is 3.91. The van der Waals surface area contributed by atoms with Crippen LogP contribution in [0.25, 0.3) is 0 Å². The van der Waals surface area contributed by atoms with Crippen LogP contribution in [0.2, 0.25) is 0 Å². The maximum Gasteiger partial charge on any atom is 0.230 e. The van der Waals surface area contributed by atoms with E-state index >= 15 is 0 Å². The normalized spacial score (nSPS) is 10.5. The molecule has 1 rings (SSSR count). The number of aromatic nitrogens is 1. The summed E-state index contributed by atoms with van der Waals surface area (Å²) in [5.74, 6) is 0.896. The van der Waals surface area contributed by atoms with Gasteiger partial charge >= 0.3 is 0 Å². The Hall–Kier alpha value is -0.770. The molecule has 3 nitrogen and oxygen atoms in total. The third-order valence-corrected chi connectivity index (χ3v) is 2.56. The van der Waals surface area contributed by atoms with Gasteiger partial charge in [0, 0.05) is 5.69 Å². The van der Waals surface area contributed by atoms with E-state index in [0.717, 1.165) is 10.2 Å². The van der Waals surface area contributed by atoms with Gasteiger partial charge in [-0.15, -0.1) is 0 Å². The molecule has 0 aliphatic carbocycles. The molecule has 0 atom stereocenters. The molecule has 1 aromatic heterocycles. The van der Waals surface area contributed by atoms with Gasteiger partial charge < -0.3 is 10.5 Å². The van der Waals surface area contributed by atoms with Gasteiger partial charge in [-0.3, -0.25) is 0 Å². The number of rotatable bonds is 2. The Kier molecular flexibility index (Phi) is 3.14. The lowest BCUT2D eigenvalue weighted by Crippen LogP contribution is -2.00. The zero-order valence-corrected chi connectivity index (χ0v) is 9.55. The van der Waals surface area contributed by atoms with E-state index in [2.05, 4.69) is 34.8 Å². The molecule has 0 radical (unpaired) electrons. The van der Waals surface area contributed by atoms with Gasteiger partial charge in [-0.05, 0) is 27.9 Å². The van der Waals surface area contributed by atoms with Crippen molar-refractivity contribution in [3.63, 3.8) is 0 Å². The Morgan fingerprint density at radius 2 is 2.15 bits per heavy atom. The molecular formula is C9H13BrN2O. The summed E-state index contributed by atoms with van der Waals surface area (Å²) in [6.07, 6.45) is 0. The van der Waals surface area contributed by atoms with Gasteiger partial charge in [-0.2, -0.15) is 0 Å². The number of hydrogen-bond donors (Lipinski definition) is 1. The number of ether oxygens (including phenoxy) is 1. The second kappa shape index (κ2) is 3.96. The average molecular weight is 245 g/mol. The maximum atomic E-state index is 5.77. The van der Waals surface area contributed by atoms with Crippen LogP contribution in [0.4, 0.5) is 5.69 Å². The monoisotopic (exact) mass is 244 g/mol. The van der Waals surface area contributed by atoms with E-state index in [0.29, 0.717) is 17.5 Å². The van der Waals surface area contributed by atoms with E-state index in [1.54, 1.807) is 7.11 Å². The van der Waals surface area contributed by atoms with Gasteiger partial charge in [0.1, 0.15) is 4.47 Å². The highest BCUT2D eigenvalue weighted by Crippen LogP contribution is 2.31. The molecule has 0 spiro atoms. The van der Waals surface area contributed by atoms with Crippen molar-refractivity contribution in [3.05, 3.63) is 16.2 Å². The molecule has 0 aromatic carbocycles. The molecule has 0 fully saturated rings. The highest BCUT2D eigenvalue weighted by atomic mass is 79.9. The maximum absolute atomic E-state index is 5.77. The van der Waals surface area contributed by atoms with Crippen molar-refractivity contribution in [2.45, 2.75) is 19.8 Å². The Morgan fingerprint density at radius 3 is 2.62 bits per heavy atom. The number of pyridine rings is 1. The molecule has 1 heterocycles. The summed E-state index contributed by atoms with van der Waals surface area (Å²) >= 11 is 3.31. The summed E-state index contributed by atoms with van der Waals surface area (Å²) in [4.78, 5) is 4.30. The molecule has 0 aliphatic heterocycles. The molecule has 72 valence electrons. The number of nitrogens with two attached hydrogens (primary N) is 1. The quantitative estimate of drug-likeness (QED) is 0.870. The zero-order valence-electron chi connectivity index (χ0n) is 7.97. The third-order valence-electron chi connectivity index (χ3n) is 1.76. The lowest BCUT2D eigenvalue weighted by atomic mass is 10.1. The molecule has 4 heteroatoms. The number of anilines is 1. The van der Waals surface area contributed by atoms with Crippen molar-refractivity contribution in [2.24, 2.45) is 0 Å². The van der Waals surface area contributed by atoms with E-state index in [9.17, 15) is 0 Å². The first-order valence-electron chi connectivity index (χ1n) is 4.06. The highest BCUT2D eigenvalue weighted by molar-refractivity contribution is 9.10. The molecular weight excluding hydrogens is 232 g/mol. The standard InChI is InChI=1S/C9H13BrN2O/c1-5(2)7-4-6(11)8(10)9(12-7)13-3/h4-5H,1-3H3,(H2,11,12). The largest absolute Gasteiger partial charge is 0.480 e. The van der Waals surface area contributed by atoms with Crippen LogP contribution in [0.1, 0.15) is 25.5 Å². The second-order valence-electron chi connectivity index (χ2n) is 3.11. The molecule has 0 unspecified atom stereocenters. The van der Waals surface area contributed by atoms with Gasteiger partial charge in [-0.25, -0.2) is 4.98 Å². The van der Waals surface area contributed by atoms with Crippen LogP contribution in [0.3, 0.4) is 0 Å². The van der Waals surface area contributed by atoms with Crippen molar-refractivity contribution in [3.8, 4) is 5.88 Å². The molecule has 1 aromatic rings. The number of nitrogens with zero attached hydrogens (tertiary/aromatic N) is 1. The fraction of sp³-hybridized carbons (Fsp3) is 0.444. The van der Waals surface area contributed by atoms with Crippen LogP contribution in [0.15, 0.2) is 10.5 Å². The van der Waals surface area contributed by atoms with E-state index in [4.69, 9.17) is 10.5 Å². The van der Waals surface area contributed by atoms with Crippen molar-refractivity contribution < 1.29 is 4.74 Å².